The van der Waals surface area contributed by atoms with Crippen molar-refractivity contribution in [3.8, 4) is 0 Å². The number of nitrogens with one attached hydrogen (secondary N) is 2. The molecule has 0 saturated carbocycles. The highest BCUT2D eigenvalue weighted by molar-refractivity contribution is 7.13. The van der Waals surface area contributed by atoms with Gasteiger partial charge >= 0.3 is 0 Å². The van der Waals surface area contributed by atoms with Gasteiger partial charge in [0.2, 0.25) is 0 Å². The molecule has 0 spiro atoms. The van der Waals surface area contributed by atoms with Crippen molar-refractivity contribution >= 4 is 45.7 Å². The van der Waals surface area contributed by atoms with Gasteiger partial charge in [-0.3, -0.25) is 15.0 Å². The number of aromatic amines is 1. The molecule has 1 amide bonds. The molecule has 1 fully saturated rings. The number of fused-ring (bicyclic) bond motifs is 1. The smallest absolute Gasteiger partial charge is 0.252 e. The highest BCUT2D eigenvalue weighted by Gasteiger charge is 2.23. The first-order valence-corrected chi connectivity index (χ1v) is 10.1. The predicted octanol–water partition coefficient (Wildman–Crippen LogP) is 4.01. The van der Waals surface area contributed by atoms with Crippen LogP contribution in [0.25, 0.3) is 10.9 Å². The van der Waals surface area contributed by atoms with Crippen LogP contribution in [0.2, 0.25) is 0 Å². The number of ether oxygens (including phenoxy) is 1. The largest absolute Gasteiger partial charge is 0.375 e. The highest BCUT2D eigenvalue weighted by atomic mass is 35.5. The number of halogens is 1. The van der Waals surface area contributed by atoms with Crippen molar-refractivity contribution in [2.75, 3.05) is 32.1 Å². The summed E-state index contributed by atoms with van der Waals surface area (Å²) in [5, 5.41) is 6.78. The number of nitrogens with zero attached hydrogens (tertiary/aromatic N) is 2. The number of rotatable bonds is 6. The maximum absolute atomic E-state index is 11.6. The van der Waals surface area contributed by atoms with Crippen LogP contribution in [0.5, 0.6) is 0 Å². The maximum Gasteiger partial charge on any atom is 0.252 e. The van der Waals surface area contributed by atoms with E-state index < -0.39 is 0 Å². The van der Waals surface area contributed by atoms with Gasteiger partial charge in [0.15, 0.2) is 5.13 Å². The normalized spacial score (nSPS) is 15.5. The molecule has 1 aromatic carbocycles. The highest BCUT2D eigenvalue weighted by Crippen LogP contribution is 2.33. The number of thiazole rings is 1. The number of benzene rings is 1. The van der Waals surface area contributed by atoms with E-state index in [9.17, 15) is 4.79 Å². The van der Waals surface area contributed by atoms with Crippen molar-refractivity contribution < 1.29 is 9.53 Å². The third kappa shape index (κ3) is 4.72. The zero-order valence-electron chi connectivity index (χ0n) is 15.8. The molecule has 1 aliphatic rings. The van der Waals surface area contributed by atoms with Crippen LogP contribution >= 0.6 is 23.7 Å². The summed E-state index contributed by atoms with van der Waals surface area (Å²) < 4.78 is 4.83. The third-order valence-electron chi connectivity index (χ3n) is 5.11. The molecule has 2 aromatic heterocycles. The minimum absolute atomic E-state index is 0. The van der Waals surface area contributed by atoms with Gasteiger partial charge in [0.05, 0.1) is 5.69 Å². The van der Waals surface area contributed by atoms with Crippen LogP contribution in [0.4, 0.5) is 5.13 Å². The van der Waals surface area contributed by atoms with E-state index in [1.54, 1.807) is 0 Å². The molecular weight excluding hydrogens is 396 g/mol. The van der Waals surface area contributed by atoms with Crippen LogP contribution in [-0.4, -0.2) is 47.6 Å². The average molecular weight is 421 g/mol. The molecule has 0 unspecified atom stereocenters. The number of amides is 1. The number of hydrogen-bond acceptors (Lipinski definition) is 5. The Balaban J connectivity index is 0.00000225. The van der Waals surface area contributed by atoms with E-state index in [4.69, 9.17) is 4.74 Å². The third-order valence-corrected chi connectivity index (χ3v) is 5.91. The number of aromatic nitrogens is 2. The van der Waals surface area contributed by atoms with E-state index in [0.29, 0.717) is 11.0 Å². The van der Waals surface area contributed by atoms with Crippen LogP contribution in [0.1, 0.15) is 30.0 Å². The molecule has 6 nitrogen and oxygen atoms in total. The average Bonchev–Trinajstić information content (AvgIpc) is 3.29. The number of likely N-dealkylation sites (tertiary alicyclic amines) is 1. The molecular formula is C20H25ClN4O2S. The number of hydrogen-bond donors (Lipinski definition) is 2. The first-order valence-electron chi connectivity index (χ1n) is 9.24. The Morgan fingerprint density at radius 1 is 1.36 bits per heavy atom. The molecule has 0 radical (unpaired) electrons. The van der Waals surface area contributed by atoms with Gasteiger partial charge in [-0.2, -0.15) is 0 Å². The number of carbonyl (C=O) groups is 1. The van der Waals surface area contributed by atoms with Gasteiger partial charge in [-0.25, -0.2) is 4.98 Å². The molecule has 3 heterocycles. The molecule has 1 aliphatic heterocycles. The topological polar surface area (TPSA) is 70.2 Å². The Kier molecular flexibility index (Phi) is 7.07. The number of anilines is 1. The van der Waals surface area contributed by atoms with Crippen molar-refractivity contribution in [3.05, 3.63) is 47.1 Å². The number of piperidine rings is 1. The SMILES string of the molecule is COCC(=O)Nc1nc(CN2CCC(c3c[nH]c4ccccc34)CC2)cs1.Cl. The number of methoxy groups -OCH3 is 1. The first-order chi connectivity index (χ1) is 13.2. The van der Waals surface area contributed by atoms with Crippen LogP contribution in [0.15, 0.2) is 35.8 Å². The molecule has 0 atom stereocenters. The fourth-order valence-corrected chi connectivity index (χ4v) is 4.50. The van der Waals surface area contributed by atoms with Crippen LogP contribution < -0.4 is 5.32 Å². The molecule has 1 saturated heterocycles. The van der Waals surface area contributed by atoms with Gasteiger partial charge in [-0.1, -0.05) is 18.2 Å². The number of carbonyl (C=O) groups excluding carboxylic acids is 1. The fourth-order valence-electron chi connectivity index (χ4n) is 3.79. The van der Waals surface area contributed by atoms with E-state index in [-0.39, 0.29) is 24.9 Å². The summed E-state index contributed by atoms with van der Waals surface area (Å²) in [6.07, 6.45) is 4.49. The van der Waals surface area contributed by atoms with E-state index in [1.165, 1.54) is 34.9 Å². The lowest BCUT2D eigenvalue weighted by atomic mass is 9.89. The van der Waals surface area contributed by atoms with Gasteiger partial charge in [0, 0.05) is 36.1 Å². The second-order valence-electron chi connectivity index (χ2n) is 6.97. The summed E-state index contributed by atoms with van der Waals surface area (Å²) in [4.78, 5) is 21.9. The Hall–Kier alpha value is -1.93. The Morgan fingerprint density at radius 3 is 2.93 bits per heavy atom. The number of H-pyrrole nitrogens is 1. The van der Waals surface area contributed by atoms with Crippen molar-refractivity contribution in [1.29, 1.82) is 0 Å². The van der Waals surface area contributed by atoms with Gasteiger partial charge in [0.1, 0.15) is 6.61 Å². The van der Waals surface area contributed by atoms with Crippen LogP contribution in [0, 0.1) is 0 Å². The Morgan fingerprint density at radius 2 is 2.14 bits per heavy atom. The van der Waals surface area contributed by atoms with E-state index in [2.05, 4.69) is 50.6 Å². The van der Waals surface area contributed by atoms with E-state index >= 15 is 0 Å². The number of para-hydroxylation sites is 1. The molecule has 4 rings (SSSR count). The van der Waals surface area contributed by atoms with Crippen molar-refractivity contribution in [2.45, 2.75) is 25.3 Å². The Labute approximate surface area is 174 Å². The molecule has 0 bridgehead atoms. The molecule has 3 aromatic rings. The summed E-state index contributed by atoms with van der Waals surface area (Å²) in [7, 11) is 1.51. The van der Waals surface area contributed by atoms with E-state index in [1.807, 2.05) is 5.38 Å². The van der Waals surface area contributed by atoms with Crippen LogP contribution in [-0.2, 0) is 16.1 Å². The molecule has 28 heavy (non-hydrogen) atoms. The lowest BCUT2D eigenvalue weighted by Crippen LogP contribution is -2.32. The standard InChI is InChI=1S/C20H24N4O2S.ClH/c1-26-12-19(25)23-20-22-15(13-27-20)11-24-8-6-14(7-9-24)17-10-21-18-5-3-2-4-16(17)18;/h2-5,10,13-14,21H,6-9,11-12H2,1H3,(H,22,23,25);1H. The summed E-state index contributed by atoms with van der Waals surface area (Å²) in [5.74, 6) is 0.440. The molecule has 150 valence electrons. The zero-order valence-corrected chi connectivity index (χ0v) is 17.4. The van der Waals surface area contributed by atoms with Gasteiger partial charge in [0.25, 0.3) is 5.91 Å². The summed E-state index contributed by atoms with van der Waals surface area (Å²) in [6.45, 7) is 3.01. The van der Waals surface area contributed by atoms with E-state index in [0.717, 1.165) is 38.2 Å². The second-order valence-corrected chi connectivity index (χ2v) is 7.82. The fraction of sp³-hybridized carbons (Fsp3) is 0.400. The summed E-state index contributed by atoms with van der Waals surface area (Å²) in [5.41, 5.74) is 3.68. The predicted molar refractivity (Wildman–Crippen MR) is 115 cm³/mol. The quantitative estimate of drug-likeness (QED) is 0.632. The molecule has 8 heteroatoms. The lowest BCUT2D eigenvalue weighted by Gasteiger charge is -2.31. The van der Waals surface area contributed by atoms with Gasteiger partial charge < -0.3 is 9.72 Å². The zero-order chi connectivity index (χ0) is 18.6. The van der Waals surface area contributed by atoms with Gasteiger partial charge in [-0.15, -0.1) is 23.7 Å². The monoisotopic (exact) mass is 420 g/mol. The van der Waals surface area contributed by atoms with Crippen molar-refractivity contribution in [3.63, 3.8) is 0 Å². The minimum atomic E-state index is -0.169. The Bertz CT molecular complexity index is 918. The molecule has 2 N–H and O–H groups in total. The van der Waals surface area contributed by atoms with Crippen LogP contribution in [0.3, 0.4) is 0 Å². The lowest BCUT2D eigenvalue weighted by molar-refractivity contribution is -0.119. The summed E-state index contributed by atoms with van der Waals surface area (Å²) in [6, 6.07) is 8.53. The maximum atomic E-state index is 11.6. The van der Waals surface area contributed by atoms with Crippen molar-refractivity contribution in [2.24, 2.45) is 0 Å². The van der Waals surface area contributed by atoms with Gasteiger partial charge in [-0.05, 0) is 43.5 Å². The minimum Gasteiger partial charge on any atom is -0.375 e. The molecule has 0 aliphatic carbocycles. The first kappa shape index (κ1) is 20.8. The summed E-state index contributed by atoms with van der Waals surface area (Å²) >= 11 is 1.46. The second kappa shape index (κ2) is 9.52. The van der Waals surface area contributed by atoms with Crippen molar-refractivity contribution in [1.82, 2.24) is 14.9 Å².